The first-order valence-corrected chi connectivity index (χ1v) is 7.74. The van der Waals surface area contributed by atoms with Gasteiger partial charge in [0.1, 0.15) is 5.76 Å². The zero-order chi connectivity index (χ0) is 13.9. The first-order chi connectivity index (χ1) is 8.99. The predicted octanol–water partition coefficient (Wildman–Crippen LogP) is 5.47. The molecule has 0 aliphatic rings. The van der Waals surface area contributed by atoms with Crippen molar-refractivity contribution in [3.63, 3.8) is 0 Å². The molecule has 2 rings (SSSR count). The Morgan fingerprint density at radius 1 is 1.16 bits per heavy atom. The van der Waals surface area contributed by atoms with Crippen molar-refractivity contribution in [3.05, 3.63) is 54.0 Å². The molecule has 1 nitrogen and oxygen atoms in total. The SMILES string of the molecule is CC(C)c1cc(C(C)(C)CSc2ccccc2)co1. The van der Waals surface area contributed by atoms with Crippen molar-refractivity contribution in [1.82, 2.24) is 0 Å². The molecule has 0 unspecified atom stereocenters. The topological polar surface area (TPSA) is 13.1 Å². The molecule has 0 fully saturated rings. The van der Waals surface area contributed by atoms with E-state index in [9.17, 15) is 0 Å². The second-order valence-corrected chi connectivity index (χ2v) is 6.93. The Bertz CT molecular complexity index is 511. The van der Waals surface area contributed by atoms with Crippen LogP contribution in [0.15, 0.2) is 52.0 Å². The third kappa shape index (κ3) is 3.66. The summed E-state index contributed by atoms with van der Waals surface area (Å²) in [7, 11) is 0. The highest BCUT2D eigenvalue weighted by Crippen LogP contribution is 2.33. The molecule has 0 atom stereocenters. The summed E-state index contributed by atoms with van der Waals surface area (Å²) in [6, 6.07) is 12.8. The summed E-state index contributed by atoms with van der Waals surface area (Å²) >= 11 is 1.90. The quantitative estimate of drug-likeness (QED) is 0.670. The minimum absolute atomic E-state index is 0.122. The Morgan fingerprint density at radius 2 is 1.84 bits per heavy atom. The third-order valence-electron chi connectivity index (χ3n) is 3.31. The number of benzene rings is 1. The van der Waals surface area contributed by atoms with Crippen LogP contribution >= 0.6 is 11.8 Å². The third-order valence-corrected chi connectivity index (χ3v) is 4.78. The monoisotopic (exact) mass is 274 g/mol. The van der Waals surface area contributed by atoms with Gasteiger partial charge in [0.25, 0.3) is 0 Å². The largest absolute Gasteiger partial charge is 0.469 e. The van der Waals surface area contributed by atoms with Gasteiger partial charge in [0.05, 0.1) is 6.26 Å². The molecule has 1 aromatic heterocycles. The number of hydrogen-bond donors (Lipinski definition) is 0. The Hall–Kier alpha value is -1.15. The highest BCUT2D eigenvalue weighted by Gasteiger charge is 2.23. The zero-order valence-corrected chi connectivity index (χ0v) is 13.0. The van der Waals surface area contributed by atoms with Crippen LogP contribution < -0.4 is 0 Å². The predicted molar refractivity (Wildman–Crippen MR) is 83.0 cm³/mol. The summed E-state index contributed by atoms with van der Waals surface area (Å²) in [4.78, 5) is 1.32. The van der Waals surface area contributed by atoms with Crippen LogP contribution in [0.2, 0.25) is 0 Å². The molecule has 0 aliphatic carbocycles. The van der Waals surface area contributed by atoms with Gasteiger partial charge in [-0.05, 0) is 23.8 Å². The lowest BCUT2D eigenvalue weighted by Gasteiger charge is -2.22. The molecule has 0 radical (unpaired) electrons. The molecule has 0 aliphatic heterocycles. The Balaban J connectivity index is 2.05. The van der Waals surface area contributed by atoms with Gasteiger partial charge in [-0.1, -0.05) is 45.9 Å². The van der Waals surface area contributed by atoms with Gasteiger partial charge in [0.15, 0.2) is 0 Å². The maximum absolute atomic E-state index is 5.66. The summed E-state index contributed by atoms with van der Waals surface area (Å²) in [5.41, 5.74) is 1.41. The maximum atomic E-state index is 5.66. The molecule has 2 aromatic rings. The molecule has 102 valence electrons. The lowest BCUT2D eigenvalue weighted by atomic mass is 9.88. The molecule has 1 heterocycles. The average Bonchev–Trinajstić information content (AvgIpc) is 2.88. The molecule has 0 saturated carbocycles. The van der Waals surface area contributed by atoms with Crippen LogP contribution in [0.4, 0.5) is 0 Å². The normalized spacial score (nSPS) is 12.1. The summed E-state index contributed by atoms with van der Waals surface area (Å²) in [5.74, 6) is 2.58. The summed E-state index contributed by atoms with van der Waals surface area (Å²) in [6.45, 7) is 8.87. The van der Waals surface area contributed by atoms with Gasteiger partial charge in [0, 0.05) is 22.0 Å². The minimum atomic E-state index is 0.122. The zero-order valence-electron chi connectivity index (χ0n) is 12.1. The van der Waals surface area contributed by atoms with Crippen LogP contribution in [0.25, 0.3) is 0 Å². The van der Waals surface area contributed by atoms with Gasteiger partial charge < -0.3 is 4.42 Å². The van der Waals surface area contributed by atoms with Gasteiger partial charge in [-0.15, -0.1) is 11.8 Å². The molecule has 0 amide bonds. The number of furan rings is 1. The second kappa shape index (κ2) is 5.87. The average molecular weight is 274 g/mol. The fraction of sp³-hybridized carbons (Fsp3) is 0.412. The van der Waals surface area contributed by atoms with Crippen molar-refractivity contribution in [1.29, 1.82) is 0 Å². The van der Waals surface area contributed by atoms with Crippen LogP contribution in [0.3, 0.4) is 0 Å². The van der Waals surface area contributed by atoms with Crippen molar-refractivity contribution < 1.29 is 4.42 Å². The first-order valence-electron chi connectivity index (χ1n) is 6.76. The lowest BCUT2D eigenvalue weighted by molar-refractivity contribution is 0.480. The summed E-state index contributed by atoms with van der Waals surface area (Å²) < 4.78 is 5.66. The van der Waals surface area contributed by atoms with Gasteiger partial charge in [-0.25, -0.2) is 0 Å². The molecular formula is C17H22OS. The molecule has 0 spiro atoms. The van der Waals surface area contributed by atoms with E-state index >= 15 is 0 Å². The lowest BCUT2D eigenvalue weighted by Crippen LogP contribution is -2.19. The van der Waals surface area contributed by atoms with E-state index in [4.69, 9.17) is 4.42 Å². The van der Waals surface area contributed by atoms with Crippen LogP contribution in [0.1, 0.15) is 44.9 Å². The fourth-order valence-electron chi connectivity index (χ4n) is 1.87. The minimum Gasteiger partial charge on any atom is -0.469 e. The molecule has 0 N–H and O–H groups in total. The van der Waals surface area contributed by atoms with Crippen molar-refractivity contribution in [2.45, 2.75) is 43.9 Å². The van der Waals surface area contributed by atoms with E-state index in [0.29, 0.717) is 5.92 Å². The van der Waals surface area contributed by atoms with E-state index in [1.54, 1.807) is 0 Å². The molecule has 1 aromatic carbocycles. The van der Waals surface area contributed by atoms with Crippen molar-refractivity contribution >= 4 is 11.8 Å². The number of thioether (sulfide) groups is 1. The summed E-state index contributed by atoms with van der Waals surface area (Å²) in [6.07, 6.45) is 1.92. The van der Waals surface area contributed by atoms with E-state index in [1.165, 1.54) is 10.5 Å². The highest BCUT2D eigenvalue weighted by atomic mass is 32.2. The number of rotatable bonds is 5. The van der Waals surface area contributed by atoms with Gasteiger partial charge in [-0.2, -0.15) is 0 Å². The van der Waals surface area contributed by atoms with Crippen LogP contribution in [-0.2, 0) is 5.41 Å². The van der Waals surface area contributed by atoms with Gasteiger partial charge in [-0.3, -0.25) is 0 Å². The van der Waals surface area contributed by atoms with Crippen molar-refractivity contribution in [2.75, 3.05) is 5.75 Å². The highest BCUT2D eigenvalue weighted by molar-refractivity contribution is 7.99. The smallest absolute Gasteiger partial charge is 0.106 e. The second-order valence-electron chi connectivity index (χ2n) is 5.88. The standard InChI is InChI=1S/C17H22OS/c1-13(2)16-10-14(11-18-16)17(3,4)12-19-15-8-6-5-7-9-15/h5-11,13H,12H2,1-4H3. The molecule has 0 bridgehead atoms. The van der Waals surface area contributed by atoms with E-state index in [2.05, 4.69) is 64.1 Å². The van der Waals surface area contributed by atoms with Crippen LogP contribution in [0, 0.1) is 0 Å². The molecular weight excluding hydrogens is 252 g/mol. The maximum Gasteiger partial charge on any atom is 0.106 e. The van der Waals surface area contributed by atoms with Gasteiger partial charge in [0.2, 0.25) is 0 Å². The number of hydrogen-bond acceptors (Lipinski definition) is 2. The molecule has 0 saturated heterocycles. The van der Waals surface area contributed by atoms with Gasteiger partial charge >= 0.3 is 0 Å². The van der Waals surface area contributed by atoms with E-state index < -0.39 is 0 Å². The molecule has 19 heavy (non-hydrogen) atoms. The Labute approximate surface area is 120 Å². The Kier molecular flexibility index (Phi) is 4.41. The molecule has 2 heteroatoms. The summed E-state index contributed by atoms with van der Waals surface area (Å²) in [5, 5.41) is 0. The fourth-order valence-corrected chi connectivity index (χ4v) is 2.92. The van der Waals surface area contributed by atoms with E-state index in [0.717, 1.165) is 11.5 Å². The van der Waals surface area contributed by atoms with Crippen molar-refractivity contribution in [3.8, 4) is 0 Å². The van der Waals surface area contributed by atoms with Crippen LogP contribution in [-0.4, -0.2) is 5.75 Å². The first kappa shape index (κ1) is 14.3. The Morgan fingerprint density at radius 3 is 2.42 bits per heavy atom. The van der Waals surface area contributed by atoms with E-state index in [1.807, 2.05) is 18.0 Å². The van der Waals surface area contributed by atoms with Crippen molar-refractivity contribution in [2.24, 2.45) is 0 Å². The van der Waals surface area contributed by atoms with Crippen LogP contribution in [0.5, 0.6) is 0 Å². The van der Waals surface area contributed by atoms with E-state index in [-0.39, 0.29) is 5.41 Å².